The predicted octanol–water partition coefficient (Wildman–Crippen LogP) is 5.73. The van der Waals surface area contributed by atoms with Gasteiger partial charge in [-0.2, -0.15) is 0 Å². The summed E-state index contributed by atoms with van der Waals surface area (Å²) in [5.41, 5.74) is 2.67. The van der Waals surface area contributed by atoms with Crippen molar-refractivity contribution in [2.75, 3.05) is 16.3 Å². The Morgan fingerprint density at radius 3 is 2.43 bits per heavy atom. The van der Waals surface area contributed by atoms with Crippen molar-refractivity contribution in [3.63, 3.8) is 0 Å². The third-order valence-electron chi connectivity index (χ3n) is 4.42. The fourth-order valence-corrected chi connectivity index (χ4v) is 4.85. The highest BCUT2D eigenvalue weighted by molar-refractivity contribution is 7.98. The summed E-state index contributed by atoms with van der Waals surface area (Å²) >= 11 is 7.67. The average Bonchev–Trinajstić information content (AvgIpc) is 2.69. The number of amides is 1. The van der Waals surface area contributed by atoms with E-state index < -0.39 is 15.9 Å². The van der Waals surface area contributed by atoms with Gasteiger partial charge < -0.3 is 5.32 Å². The van der Waals surface area contributed by atoms with Crippen molar-refractivity contribution in [2.45, 2.75) is 23.6 Å². The Labute approximate surface area is 185 Å². The second kappa shape index (κ2) is 9.12. The molecule has 0 aromatic heterocycles. The first-order valence-corrected chi connectivity index (χ1v) is 12.1. The fourth-order valence-electron chi connectivity index (χ4n) is 2.89. The molecule has 0 aliphatic carbocycles. The lowest BCUT2D eigenvalue weighted by Gasteiger charge is -2.13. The van der Waals surface area contributed by atoms with Crippen molar-refractivity contribution in [3.8, 4) is 0 Å². The number of carbonyl (C=O) groups excluding carboxylic acids is 1. The SMILES string of the molecule is CSc1ccc(Cl)c(C(=O)Nc2ccc(C)c(S(=O)(=O)Nc3cccc(C)c3)c2)c1. The van der Waals surface area contributed by atoms with Gasteiger partial charge in [0.1, 0.15) is 0 Å². The Bertz CT molecular complexity index is 1210. The minimum Gasteiger partial charge on any atom is -0.322 e. The van der Waals surface area contributed by atoms with Crippen molar-refractivity contribution in [3.05, 3.63) is 82.4 Å². The van der Waals surface area contributed by atoms with E-state index in [9.17, 15) is 13.2 Å². The number of hydrogen-bond acceptors (Lipinski definition) is 4. The minimum atomic E-state index is -3.83. The van der Waals surface area contributed by atoms with E-state index in [2.05, 4.69) is 10.0 Å². The third kappa shape index (κ3) is 5.16. The Kier molecular flexibility index (Phi) is 6.75. The smallest absolute Gasteiger partial charge is 0.262 e. The zero-order chi connectivity index (χ0) is 21.9. The van der Waals surface area contributed by atoms with E-state index in [1.54, 1.807) is 49.4 Å². The minimum absolute atomic E-state index is 0.0887. The Morgan fingerprint density at radius 1 is 0.967 bits per heavy atom. The van der Waals surface area contributed by atoms with Crippen molar-refractivity contribution in [1.29, 1.82) is 0 Å². The maximum atomic E-state index is 12.9. The molecule has 3 rings (SSSR count). The van der Waals surface area contributed by atoms with E-state index in [-0.39, 0.29) is 4.90 Å². The lowest BCUT2D eigenvalue weighted by Crippen LogP contribution is -2.16. The molecule has 0 unspecified atom stereocenters. The van der Waals surface area contributed by atoms with Crippen LogP contribution in [0.1, 0.15) is 21.5 Å². The largest absolute Gasteiger partial charge is 0.322 e. The number of halogens is 1. The van der Waals surface area contributed by atoms with E-state index in [0.29, 0.717) is 27.5 Å². The van der Waals surface area contributed by atoms with Gasteiger partial charge in [0.25, 0.3) is 15.9 Å². The average molecular weight is 461 g/mol. The van der Waals surface area contributed by atoms with Gasteiger partial charge in [0.15, 0.2) is 0 Å². The first-order valence-electron chi connectivity index (χ1n) is 9.04. The molecule has 0 radical (unpaired) electrons. The van der Waals surface area contributed by atoms with E-state index in [4.69, 9.17) is 11.6 Å². The predicted molar refractivity (Wildman–Crippen MR) is 124 cm³/mol. The fraction of sp³-hybridized carbons (Fsp3) is 0.136. The Balaban J connectivity index is 1.89. The molecule has 2 N–H and O–H groups in total. The van der Waals surface area contributed by atoms with E-state index in [1.165, 1.54) is 17.8 Å². The van der Waals surface area contributed by atoms with Gasteiger partial charge in [-0.25, -0.2) is 8.42 Å². The number of anilines is 2. The van der Waals surface area contributed by atoms with Crippen LogP contribution in [0.15, 0.2) is 70.5 Å². The van der Waals surface area contributed by atoms with Crippen LogP contribution in [0, 0.1) is 13.8 Å². The molecule has 1 amide bonds. The highest BCUT2D eigenvalue weighted by atomic mass is 35.5. The topological polar surface area (TPSA) is 75.3 Å². The van der Waals surface area contributed by atoms with Crippen LogP contribution in [-0.2, 0) is 10.0 Å². The lowest BCUT2D eigenvalue weighted by atomic mass is 10.2. The van der Waals surface area contributed by atoms with E-state index >= 15 is 0 Å². The Hall–Kier alpha value is -2.48. The van der Waals surface area contributed by atoms with Gasteiger partial charge in [-0.15, -0.1) is 11.8 Å². The van der Waals surface area contributed by atoms with Crippen molar-refractivity contribution < 1.29 is 13.2 Å². The normalized spacial score (nSPS) is 11.2. The summed E-state index contributed by atoms with van der Waals surface area (Å²) < 4.78 is 28.5. The number of carbonyl (C=O) groups is 1. The third-order valence-corrected chi connectivity index (χ3v) is 7.00. The monoisotopic (exact) mass is 460 g/mol. The van der Waals surface area contributed by atoms with E-state index in [1.807, 2.05) is 25.3 Å². The lowest BCUT2D eigenvalue weighted by molar-refractivity contribution is 0.102. The molecule has 0 aliphatic heterocycles. The Morgan fingerprint density at radius 2 is 1.73 bits per heavy atom. The number of aryl methyl sites for hydroxylation is 2. The summed E-state index contributed by atoms with van der Waals surface area (Å²) in [6, 6.07) is 17.1. The number of hydrogen-bond donors (Lipinski definition) is 2. The number of benzene rings is 3. The molecule has 0 heterocycles. The van der Waals surface area contributed by atoms with Gasteiger partial charge in [-0.1, -0.05) is 29.8 Å². The summed E-state index contributed by atoms with van der Waals surface area (Å²) in [4.78, 5) is 13.7. The first kappa shape index (κ1) is 22.2. The molecule has 3 aromatic rings. The number of nitrogens with one attached hydrogen (secondary N) is 2. The molecule has 5 nitrogen and oxygen atoms in total. The molecular weight excluding hydrogens is 440 g/mol. The van der Waals surface area contributed by atoms with Crippen LogP contribution in [0.5, 0.6) is 0 Å². The molecule has 0 atom stereocenters. The first-order chi connectivity index (χ1) is 14.2. The molecule has 156 valence electrons. The van der Waals surface area contributed by atoms with Crippen molar-refractivity contribution in [2.24, 2.45) is 0 Å². The van der Waals surface area contributed by atoms with Gasteiger partial charge >= 0.3 is 0 Å². The summed E-state index contributed by atoms with van der Waals surface area (Å²) in [7, 11) is -3.83. The number of thioether (sulfide) groups is 1. The standard InChI is InChI=1S/C22H21ClN2O3S2/c1-14-5-4-6-17(11-14)25-30(27,28)21-12-16(8-7-15(21)2)24-22(26)19-13-18(29-3)9-10-20(19)23/h4-13,25H,1-3H3,(H,24,26). The van der Waals surface area contributed by atoms with Gasteiger partial charge in [-0.05, 0) is 73.7 Å². The van der Waals surface area contributed by atoms with Crippen molar-refractivity contribution >= 4 is 50.7 Å². The highest BCUT2D eigenvalue weighted by Gasteiger charge is 2.19. The van der Waals surface area contributed by atoms with Crippen LogP contribution in [0.2, 0.25) is 5.02 Å². The van der Waals surface area contributed by atoms with Gasteiger partial charge in [-0.3, -0.25) is 9.52 Å². The number of rotatable bonds is 6. The molecule has 8 heteroatoms. The maximum Gasteiger partial charge on any atom is 0.262 e. The molecular formula is C22H21ClN2O3S2. The molecule has 0 bridgehead atoms. The van der Waals surface area contributed by atoms with E-state index in [0.717, 1.165) is 10.5 Å². The molecule has 0 saturated carbocycles. The summed E-state index contributed by atoms with van der Waals surface area (Å²) in [5.74, 6) is -0.408. The quantitative estimate of drug-likeness (QED) is 0.460. The molecule has 0 spiro atoms. The summed E-state index contributed by atoms with van der Waals surface area (Å²) in [5, 5.41) is 3.06. The van der Waals surface area contributed by atoms with Crippen LogP contribution >= 0.6 is 23.4 Å². The zero-order valence-electron chi connectivity index (χ0n) is 16.7. The molecule has 3 aromatic carbocycles. The van der Waals surface area contributed by atoms with Crippen LogP contribution in [0.4, 0.5) is 11.4 Å². The van der Waals surface area contributed by atoms with Crippen LogP contribution < -0.4 is 10.0 Å². The molecule has 0 aliphatic rings. The molecule has 30 heavy (non-hydrogen) atoms. The summed E-state index contributed by atoms with van der Waals surface area (Å²) in [6.07, 6.45) is 1.91. The second-order valence-electron chi connectivity index (χ2n) is 6.76. The zero-order valence-corrected chi connectivity index (χ0v) is 19.1. The van der Waals surface area contributed by atoms with Gasteiger partial charge in [0.2, 0.25) is 0 Å². The number of sulfonamides is 1. The van der Waals surface area contributed by atoms with Crippen LogP contribution in [0.3, 0.4) is 0 Å². The van der Waals surface area contributed by atoms with Crippen molar-refractivity contribution in [1.82, 2.24) is 0 Å². The van der Waals surface area contributed by atoms with Gasteiger partial charge in [0, 0.05) is 16.3 Å². The molecule has 0 fully saturated rings. The highest BCUT2D eigenvalue weighted by Crippen LogP contribution is 2.26. The van der Waals surface area contributed by atoms with Crippen LogP contribution in [-0.4, -0.2) is 20.6 Å². The van der Waals surface area contributed by atoms with Gasteiger partial charge in [0.05, 0.1) is 15.5 Å². The second-order valence-corrected chi connectivity index (χ2v) is 9.69. The molecule has 0 saturated heterocycles. The van der Waals surface area contributed by atoms with Crippen LogP contribution in [0.25, 0.3) is 0 Å². The summed E-state index contributed by atoms with van der Waals surface area (Å²) in [6.45, 7) is 3.59. The maximum absolute atomic E-state index is 12.9.